The fourth-order valence-corrected chi connectivity index (χ4v) is 1.92. The molecule has 0 N–H and O–H groups in total. The van der Waals surface area contributed by atoms with Gasteiger partial charge in [0.05, 0.1) is 4.92 Å². The van der Waals surface area contributed by atoms with Gasteiger partial charge in [-0.25, -0.2) is 0 Å². The van der Waals surface area contributed by atoms with Gasteiger partial charge < -0.3 is 4.74 Å². The number of nitro benzene ring substituents is 1. The largest absolute Gasteiger partial charge is 0.450 e. The van der Waals surface area contributed by atoms with Crippen LogP contribution in [0.2, 0.25) is 0 Å². The van der Waals surface area contributed by atoms with Gasteiger partial charge in [0.1, 0.15) is 5.75 Å². The van der Waals surface area contributed by atoms with Crippen LogP contribution >= 0.6 is 0 Å². The van der Waals surface area contributed by atoms with Gasteiger partial charge in [-0.05, 0) is 30.7 Å². The van der Waals surface area contributed by atoms with Gasteiger partial charge in [-0.15, -0.1) is 0 Å². The topological polar surface area (TPSA) is 69.4 Å². The quantitative estimate of drug-likeness (QED) is 0.467. The number of carbonyl (C=O) groups is 1. The number of ketones is 1. The van der Waals surface area contributed by atoms with E-state index in [0.717, 1.165) is 5.56 Å². The van der Waals surface area contributed by atoms with E-state index in [1.165, 1.54) is 6.07 Å². The Bertz CT molecular complexity index is 694. The predicted octanol–water partition coefficient (Wildman–Crippen LogP) is 4.29. The van der Waals surface area contributed by atoms with Crippen molar-refractivity contribution in [3.05, 3.63) is 63.7 Å². The maximum absolute atomic E-state index is 11.7. The lowest BCUT2D eigenvalue weighted by atomic mass is 10.1. The Kier molecular flexibility index (Phi) is 4.33. The first-order chi connectivity index (χ1) is 10.0. The Balaban J connectivity index is 2.34. The molecule has 108 valence electrons. The molecule has 0 aliphatic carbocycles. The number of carbonyl (C=O) groups excluding carboxylic acids is 1. The number of hydrogen-bond acceptors (Lipinski definition) is 4. The Labute approximate surface area is 122 Å². The van der Waals surface area contributed by atoms with Gasteiger partial charge in [0, 0.05) is 18.1 Å². The average molecular weight is 285 g/mol. The molecule has 0 radical (unpaired) electrons. The van der Waals surface area contributed by atoms with Crippen LogP contribution in [-0.4, -0.2) is 10.7 Å². The summed E-state index contributed by atoms with van der Waals surface area (Å²) < 4.78 is 5.57. The molecule has 0 spiro atoms. The van der Waals surface area contributed by atoms with Crippen molar-refractivity contribution in [3.63, 3.8) is 0 Å². The molecule has 0 saturated carbocycles. The first-order valence-electron chi connectivity index (χ1n) is 6.57. The molecule has 5 heteroatoms. The highest BCUT2D eigenvalue weighted by Crippen LogP contribution is 2.32. The summed E-state index contributed by atoms with van der Waals surface area (Å²) >= 11 is 0. The van der Waals surface area contributed by atoms with E-state index in [-0.39, 0.29) is 17.2 Å². The molecular formula is C16H15NO4. The summed E-state index contributed by atoms with van der Waals surface area (Å²) in [5.74, 6) is 0.562. The molecule has 0 fully saturated rings. The van der Waals surface area contributed by atoms with Crippen molar-refractivity contribution in [2.24, 2.45) is 0 Å². The number of ether oxygens (including phenoxy) is 1. The minimum atomic E-state index is -0.483. The average Bonchev–Trinajstić information content (AvgIpc) is 2.48. The van der Waals surface area contributed by atoms with Crippen LogP contribution in [0, 0.1) is 17.0 Å². The summed E-state index contributed by atoms with van der Waals surface area (Å²) in [4.78, 5) is 22.2. The van der Waals surface area contributed by atoms with Crippen molar-refractivity contribution in [2.45, 2.75) is 20.3 Å². The fourth-order valence-electron chi connectivity index (χ4n) is 1.92. The number of nitrogens with zero attached hydrogens (tertiary/aromatic N) is 1. The van der Waals surface area contributed by atoms with Crippen molar-refractivity contribution in [2.75, 3.05) is 0 Å². The third-order valence-electron chi connectivity index (χ3n) is 3.02. The van der Waals surface area contributed by atoms with E-state index in [9.17, 15) is 14.9 Å². The highest BCUT2D eigenvalue weighted by molar-refractivity contribution is 5.96. The maximum atomic E-state index is 11.7. The van der Waals surface area contributed by atoms with Crippen LogP contribution < -0.4 is 4.74 Å². The minimum Gasteiger partial charge on any atom is -0.450 e. The summed E-state index contributed by atoms with van der Waals surface area (Å²) in [5.41, 5.74) is 1.22. The lowest BCUT2D eigenvalue weighted by Crippen LogP contribution is -1.98. The van der Waals surface area contributed by atoms with E-state index in [1.807, 2.05) is 0 Å². The van der Waals surface area contributed by atoms with Crippen molar-refractivity contribution in [1.29, 1.82) is 0 Å². The Morgan fingerprint density at radius 3 is 2.67 bits per heavy atom. The number of aryl methyl sites for hydroxylation is 1. The first-order valence-corrected chi connectivity index (χ1v) is 6.57. The van der Waals surface area contributed by atoms with Gasteiger partial charge in [0.15, 0.2) is 5.78 Å². The molecule has 0 amide bonds. The SMILES string of the molecule is CCC(=O)c1cccc(Oc2ccc(C)cc2[N+](=O)[O-])c1. The van der Waals surface area contributed by atoms with Gasteiger partial charge in [-0.2, -0.15) is 0 Å². The molecule has 0 bridgehead atoms. The number of Topliss-reactive ketones (excluding diaryl/α,β-unsaturated/α-hetero) is 1. The molecule has 2 aromatic carbocycles. The van der Waals surface area contributed by atoms with Crippen LogP contribution in [-0.2, 0) is 0 Å². The molecule has 0 saturated heterocycles. The molecule has 0 aromatic heterocycles. The highest BCUT2D eigenvalue weighted by atomic mass is 16.6. The fraction of sp³-hybridized carbons (Fsp3) is 0.188. The van der Waals surface area contributed by atoms with Crippen LogP contribution in [0.5, 0.6) is 11.5 Å². The lowest BCUT2D eigenvalue weighted by Gasteiger charge is -2.08. The van der Waals surface area contributed by atoms with E-state index in [2.05, 4.69) is 0 Å². The van der Waals surface area contributed by atoms with Crippen LogP contribution in [0.1, 0.15) is 29.3 Å². The minimum absolute atomic E-state index is 0.00106. The van der Waals surface area contributed by atoms with Crippen molar-refractivity contribution in [1.82, 2.24) is 0 Å². The monoisotopic (exact) mass is 285 g/mol. The van der Waals surface area contributed by atoms with E-state index in [4.69, 9.17) is 4.74 Å². The molecule has 2 rings (SSSR count). The third-order valence-corrected chi connectivity index (χ3v) is 3.02. The van der Waals surface area contributed by atoms with Crippen molar-refractivity contribution in [3.8, 4) is 11.5 Å². The number of rotatable bonds is 5. The Hall–Kier alpha value is -2.69. The van der Waals surface area contributed by atoms with Crippen LogP contribution in [0.4, 0.5) is 5.69 Å². The van der Waals surface area contributed by atoms with E-state index < -0.39 is 4.92 Å². The molecule has 5 nitrogen and oxygen atoms in total. The number of hydrogen-bond donors (Lipinski definition) is 0. The van der Waals surface area contributed by atoms with Crippen LogP contribution in [0.3, 0.4) is 0 Å². The normalized spacial score (nSPS) is 10.2. The highest BCUT2D eigenvalue weighted by Gasteiger charge is 2.16. The predicted molar refractivity (Wildman–Crippen MR) is 79.0 cm³/mol. The van der Waals surface area contributed by atoms with Gasteiger partial charge >= 0.3 is 5.69 Å². The second-order valence-corrected chi connectivity index (χ2v) is 4.63. The Morgan fingerprint density at radius 1 is 1.24 bits per heavy atom. The summed E-state index contributed by atoms with van der Waals surface area (Å²) in [7, 11) is 0. The molecule has 2 aromatic rings. The standard InChI is InChI=1S/C16H15NO4/c1-3-15(18)12-5-4-6-13(10-12)21-16-8-7-11(2)9-14(16)17(19)20/h4-10H,3H2,1-2H3. The first kappa shape index (κ1) is 14.7. The van der Waals surface area contributed by atoms with E-state index in [1.54, 1.807) is 50.2 Å². The molecule has 0 unspecified atom stereocenters. The lowest BCUT2D eigenvalue weighted by molar-refractivity contribution is -0.385. The van der Waals surface area contributed by atoms with Gasteiger partial charge in [0.25, 0.3) is 0 Å². The molecule has 0 atom stereocenters. The zero-order chi connectivity index (χ0) is 15.4. The van der Waals surface area contributed by atoms with Crippen molar-refractivity contribution < 1.29 is 14.5 Å². The summed E-state index contributed by atoms with van der Waals surface area (Å²) in [5, 5.41) is 11.1. The number of nitro groups is 1. The zero-order valence-electron chi connectivity index (χ0n) is 11.8. The van der Waals surface area contributed by atoms with Crippen molar-refractivity contribution >= 4 is 11.5 Å². The maximum Gasteiger partial charge on any atom is 0.311 e. The molecule has 0 aliphatic rings. The van der Waals surface area contributed by atoms with E-state index >= 15 is 0 Å². The molecule has 0 heterocycles. The summed E-state index contributed by atoms with van der Waals surface area (Å²) in [6.45, 7) is 3.55. The van der Waals surface area contributed by atoms with Gasteiger partial charge in [0.2, 0.25) is 5.75 Å². The Morgan fingerprint density at radius 2 is 2.00 bits per heavy atom. The zero-order valence-corrected chi connectivity index (χ0v) is 11.8. The van der Waals surface area contributed by atoms with E-state index in [0.29, 0.717) is 17.7 Å². The summed E-state index contributed by atoms with van der Waals surface area (Å²) in [6, 6.07) is 11.4. The third kappa shape index (κ3) is 3.45. The molecule has 21 heavy (non-hydrogen) atoms. The summed E-state index contributed by atoms with van der Waals surface area (Å²) in [6.07, 6.45) is 0.397. The molecular weight excluding hydrogens is 270 g/mol. The second-order valence-electron chi connectivity index (χ2n) is 4.63. The smallest absolute Gasteiger partial charge is 0.311 e. The van der Waals surface area contributed by atoms with Gasteiger partial charge in [-0.1, -0.05) is 25.1 Å². The number of benzene rings is 2. The molecule has 0 aliphatic heterocycles. The van der Waals surface area contributed by atoms with Crippen LogP contribution in [0.15, 0.2) is 42.5 Å². The van der Waals surface area contributed by atoms with Gasteiger partial charge in [-0.3, -0.25) is 14.9 Å². The van der Waals surface area contributed by atoms with Crippen LogP contribution in [0.25, 0.3) is 0 Å². The second kappa shape index (κ2) is 6.17.